The second-order valence-electron chi connectivity index (χ2n) is 4.58. The van der Waals surface area contributed by atoms with Gasteiger partial charge in [-0.2, -0.15) is 0 Å². The van der Waals surface area contributed by atoms with Crippen LogP contribution in [-0.2, 0) is 14.3 Å². The lowest BCUT2D eigenvalue weighted by Gasteiger charge is -2.07. The maximum absolute atomic E-state index is 12.0. The zero-order valence-electron chi connectivity index (χ0n) is 11.9. The molecule has 21 heavy (non-hydrogen) atoms. The van der Waals surface area contributed by atoms with Crippen molar-refractivity contribution in [3.63, 3.8) is 0 Å². The monoisotopic (exact) mass is 288 g/mol. The first-order valence-electron chi connectivity index (χ1n) is 6.59. The topological polar surface area (TPSA) is 84.5 Å². The average Bonchev–Trinajstić information content (AvgIpc) is 2.79. The smallest absolute Gasteiger partial charge is 0.338 e. The van der Waals surface area contributed by atoms with E-state index >= 15 is 0 Å². The number of allylic oxidation sites excluding steroid dienone is 1. The molecule has 2 rings (SSSR count). The highest BCUT2D eigenvalue weighted by Gasteiger charge is 2.23. The second-order valence-corrected chi connectivity index (χ2v) is 4.58. The van der Waals surface area contributed by atoms with Gasteiger partial charge in [-0.05, 0) is 38.1 Å². The number of hydrogen-bond acceptors (Lipinski definition) is 4. The van der Waals surface area contributed by atoms with E-state index in [9.17, 15) is 14.4 Å². The number of amides is 2. The van der Waals surface area contributed by atoms with Crippen LogP contribution in [0.3, 0.4) is 0 Å². The molecule has 1 aliphatic rings. The molecule has 0 spiro atoms. The Kier molecular flexibility index (Phi) is 4.37. The van der Waals surface area contributed by atoms with Crippen molar-refractivity contribution in [2.75, 3.05) is 11.9 Å². The number of carbonyl (C=O) groups is 3. The number of carbonyl (C=O) groups excluding carboxylic acids is 3. The minimum absolute atomic E-state index is 0.0819. The van der Waals surface area contributed by atoms with Gasteiger partial charge in [-0.15, -0.1) is 0 Å². The molecular weight excluding hydrogens is 272 g/mol. The molecule has 1 heterocycles. The summed E-state index contributed by atoms with van der Waals surface area (Å²) in [5.41, 5.74) is 1.96. The largest absolute Gasteiger partial charge is 0.462 e. The zero-order chi connectivity index (χ0) is 15.4. The number of hydrogen-bond donors (Lipinski definition) is 2. The molecule has 0 saturated heterocycles. The third-order valence-corrected chi connectivity index (χ3v) is 3.04. The van der Waals surface area contributed by atoms with Crippen LogP contribution in [0.2, 0.25) is 0 Å². The van der Waals surface area contributed by atoms with Crippen molar-refractivity contribution in [3.05, 3.63) is 41.1 Å². The van der Waals surface area contributed by atoms with E-state index in [-0.39, 0.29) is 18.2 Å². The van der Waals surface area contributed by atoms with E-state index in [1.54, 1.807) is 38.1 Å². The Morgan fingerprint density at radius 3 is 2.48 bits per heavy atom. The van der Waals surface area contributed by atoms with Gasteiger partial charge in [0.15, 0.2) is 0 Å². The summed E-state index contributed by atoms with van der Waals surface area (Å²) in [6.45, 7) is 3.73. The summed E-state index contributed by atoms with van der Waals surface area (Å²) in [4.78, 5) is 34.8. The van der Waals surface area contributed by atoms with Crippen molar-refractivity contribution in [1.29, 1.82) is 0 Å². The maximum atomic E-state index is 12.0. The molecule has 0 bridgehead atoms. The highest BCUT2D eigenvalue weighted by atomic mass is 16.5. The molecule has 0 radical (unpaired) electrons. The number of benzene rings is 1. The Morgan fingerprint density at radius 1 is 1.29 bits per heavy atom. The Balaban J connectivity index is 2.04. The molecule has 0 aliphatic carbocycles. The van der Waals surface area contributed by atoms with Gasteiger partial charge < -0.3 is 15.4 Å². The minimum Gasteiger partial charge on any atom is -0.462 e. The Hall–Kier alpha value is -2.63. The predicted octanol–water partition coefficient (Wildman–Crippen LogP) is 1.60. The zero-order valence-corrected chi connectivity index (χ0v) is 11.9. The lowest BCUT2D eigenvalue weighted by atomic mass is 10.1. The van der Waals surface area contributed by atoms with Gasteiger partial charge in [-0.3, -0.25) is 9.59 Å². The van der Waals surface area contributed by atoms with Gasteiger partial charge in [0.25, 0.3) is 5.91 Å². The van der Waals surface area contributed by atoms with Crippen LogP contribution in [0.5, 0.6) is 0 Å². The molecular formula is C15H16N2O4. The molecule has 1 aliphatic heterocycles. The Morgan fingerprint density at radius 2 is 1.95 bits per heavy atom. The summed E-state index contributed by atoms with van der Waals surface area (Å²) in [5, 5.41) is 5.28. The molecule has 0 atom stereocenters. The van der Waals surface area contributed by atoms with Gasteiger partial charge in [0.2, 0.25) is 5.91 Å². The number of anilines is 1. The molecule has 0 unspecified atom stereocenters. The average molecular weight is 288 g/mol. The van der Waals surface area contributed by atoms with Crippen LogP contribution in [0.25, 0.3) is 0 Å². The van der Waals surface area contributed by atoms with Crippen LogP contribution < -0.4 is 10.6 Å². The fourth-order valence-corrected chi connectivity index (χ4v) is 1.98. The molecule has 2 amide bonds. The van der Waals surface area contributed by atoms with Gasteiger partial charge in [-0.1, -0.05) is 0 Å². The first-order valence-corrected chi connectivity index (χ1v) is 6.59. The predicted molar refractivity (Wildman–Crippen MR) is 76.5 cm³/mol. The van der Waals surface area contributed by atoms with Crippen LogP contribution in [0.15, 0.2) is 35.5 Å². The molecule has 1 aromatic carbocycles. The summed E-state index contributed by atoms with van der Waals surface area (Å²) < 4.78 is 4.88. The summed E-state index contributed by atoms with van der Waals surface area (Å²) in [7, 11) is 0. The maximum Gasteiger partial charge on any atom is 0.338 e. The second kappa shape index (κ2) is 6.21. The van der Waals surface area contributed by atoms with Crippen LogP contribution in [-0.4, -0.2) is 24.4 Å². The normalized spacial score (nSPS) is 13.9. The van der Waals surface area contributed by atoms with E-state index < -0.39 is 5.97 Å². The lowest BCUT2D eigenvalue weighted by Crippen LogP contribution is -2.15. The Labute approximate surface area is 122 Å². The van der Waals surface area contributed by atoms with Crippen molar-refractivity contribution in [2.45, 2.75) is 20.3 Å². The quantitative estimate of drug-likeness (QED) is 0.824. The molecule has 0 saturated carbocycles. The molecule has 0 aromatic heterocycles. The summed E-state index contributed by atoms with van der Waals surface area (Å²) >= 11 is 0. The van der Waals surface area contributed by atoms with Gasteiger partial charge in [-0.25, -0.2) is 4.79 Å². The number of nitrogens with one attached hydrogen (secondary N) is 2. The van der Waals surface area contributed by atoms with Crippen LogP contribution >= 0.6 is 0 Å². The first-order chi connectivity index (χ1) is 10.0. The van der Waals surface area contributed by atoms with E-state index in [2.05, 4.69) is 10.6 Å². The summed E-state index contributed by atoms with van der Waals surface area (Å²) in [6.07, 6.45) is 0.0819. The van der Waals surface area contributed by atoms with E-state index in [0.717, 1.165) is 0 Å². The van der Waals surface area contributed by atoms with Crippen LogP contribution in [0.1, 0.15) is 30.6 Å². The van der Waals surface area contributed by atoms with Gasteiger partial charge >= 0.3 is 5.97 Å². The Bertz CT molecular complexity index is 617. The first kappa shape index (κ1) is 14.8. The van der Waals surface area contributed by atoms with E-state index in [1.807, 2.05) is 0 Å². The standard InChI is InChI=1S/C15H16N2O4/c1-3-21-15(20)10-4-6-11(7-5-10)17-14(19)12-8-13(18)16-9(12)2/h4-7H,3,8H2,1-2H3,(H,16,18)(H,17,19). The molecule has 110 valence electrons. The number of esters is 1. The summed E-state index contributed by atoms with van der Waals surface area (Å²) in [6, 6.07) is 6.38. The fourth-order valence-electron chi connectivity index (χ4n) is 1.98. The molecule has 6 nitrogen and oxygen atoms in total. The number of ether oxygens (including phenoxy) is 1. The van der Waals surface area contributed by atoms with Crippen molar-refractivity contribution in [3.8, 4) is 0 Å². The molecule has 1 aromatic rings. The van der Waals surface area contributed by atoms with Gasteiger partial charge in [0.1, 0.15) is 0 Å². The van der Waals surface area contributed by atoms with E-state index in [0.29, 0.717) is 29.1 Å². The highest BCUT2D eigenvalue weighted by Crippen LogP contribution is 2.17. The van der Waals surface area contributed by atoms with Crippen molar-refractivity contribution < 1.29 is 19.1 Å². The highest BCUT2D eigenvalue weighted by molar-refractivity contribution is 6.09. The fraction of sp³-hybridized carbons (Fsp3) is 0.267. The summed E-state index contributed by atoms with van der Waals surface area (Å²) in [5.74, 6) is -0.912. The van der Waals surface area contributed by atoms with Crippen molar-refractivity contribution in [2.24, 2.45) is 0 Å². The molecule has 6 heteroatoms. The van der Waals surface area contributed by atoms with Crippen molar-refractivity contribution in [1.82, 2.24) is 5.32 Å². The van der Waals surface area contributed by atoms with Gasteiger partial charge in [0.05, 0.1) is 18.6 Å². The SMILES string of the molecule is CCOC(=O)c1ccc(NC(=O)C2=C(C)NC(=O)C2)cc1. The van der Waals surface area contributed by atoms with Crippen LogP contribution in [0, 0.1) is 0 Å². The minimum atomic E-state index is -0.403. The number of rotatable bonds is 4. The van der Waals surface area contributed by atoms with E-state index in [4.69, 9.17) is 4.74 Å². The van der Waals surface area contributed by atoms with Crippen molar-refractivity contribution >= 4 is 23.5 Å². The third kappa shape index (κ3) is 3.47. The lowest BCUT2D eigenvalue weighted by molar-refractivity contribution is -0.120. The molecule has 0 fully saturated rings. The van der Waals surface area contributed by atoms with E-state index in [1.165, 1.54) is 0 Å². The third-order valence-electron chi connectivity index (χ3n) is 3.04. The molecule has 2 N–H and O–H groups in total. The van der Waals surface area contributed by atoms with Crippen LogP contribution in [0.4, 0.5) is 5.69 Å². The van der Waals surface area contributed by atoms with Gasteiger partial charge in [0, 0.05) is 17.0 Å².